The number of rotatable bonds is 3. The van der Waals surface area contributed by atoms with E-state index in [2.05, 4.69) is 4.98 Å². The van der Waals surface area contributed by atoms with E-state index < -0.39 is 0 Å². The Morgan fingerprint density at radius 1 is 1.18 bits per heavy atom. The molecule has 1 aliphatic heterocycles. The smallest absolute Gasteiger partial charge is 0.267 e. The zero-order valence-corrected chi connectivity index (χ0v) is 16.8. The molecule has 1 amide bonds. The van der Waals surface area contributed by atoms with Crippen molar-refractivity contribution in [2.24, 2.45) is 4.99 Å². The number of benzene rings is 1. The predicted molar refractivity (Wildman–Crippen MR) is 116 cm³/mol. The molecule has 1 aliphatic carbocycles. The first kappa shape index (κ1) is 18.7. The number of carbonyl (C=O) groups excluding carboxylic acids is 1. The normalized spacial score (nSPS) is 21.4. The van der Waals surface area contributed by atoms with Gasteiger partial charge in [-0.1, -0.05) is 37.5 Å². The van der Waals surface area contributed by atoms with Gasteiger partial charge in [-0.25, -0.2) is 9.98 Å². The largest absolute Gasteiger partial charge is 0.399 e. The van der Waals surface area contributed by atoms with E-state index in [1.165, 1.54) is 18.2 Å². The molecule has 1 aromatic heterocycles. The molecule has 28 heavy (non-hydrogen) atoms. The SMILES string of the molecule is C/C(=C1/S/C(=N/c2ccccn2)N(C2CCCCC2)C1=O)c1cccc(N)c1. The molecule has 2 N–H and O–H groups in total. The molecule has 0 atom stereocenters. The minimum absolute atomic E-state index is 0.0477. The van der Waals surface area contributed by atoms with Crippen molar-refractivity contribution in [1.29, 1.82) is 0 Å². The molecule has 1 aromatic carbocycles. The van der Waals surface area contributed by atoms with E-state index in [4.69, 9.17) is 10.7 Å². The number of amides is 1. The molecule has 2 aliphatic rings. The second-order valence-electron chi connectivity index (χ2n) is 7.23. The number of nitrogens with two attached hydrogens (primary N) is 1. The summed E-state index contributed by atoms with van der Waals surface area (Å²) in [5.74, 6) is 0.674. The van der Waals surface area contributed by atoms with Crippen LogP contribution in [0.1, 0.15) is 44.6 Å². The molecule has 0 radical (unpaired) electrons. The molecular weight excluding hydrogens is 368 g/mol. The Balaban J connectivity index is 1.75. The Kier molecular flexibility index (Phi) is 5.48. The Bertz CT molecular complexity index is 933. The quantitative estimate of drug-likeness (QED) is 0.590. The Labute approximate surface area is 169 Å². The highest BCUT2D eigenvalue weighted by Crippen LogP contribution is 2.41. The fourth-order valence-corrected chi connectivity index (χ4v) is 4.88. The molecule has 144 valence electrons. The number of carbonyl (C=O) groups is 1. The lowest BCUT2D eigenvalue weighted by atomic mass is 9.94. The van der Waals surface area contributed by atoms with Crippen molar-refractivity contribution >= 4 is 39.9 Å². The van der Waals surface area contributed by atoms with Gasteiger partial charge in [0.25, 0.3) is 5.91 Å². The van der Waals surface area contributed by atoms with E-state index in [0.29, 0.717) is 11.5 Å². The summed E-state index contributed by atoms with van der Waals surface area (Å²) in [5.41, 5.74) is 8.55. The van der Waals surface area contributed by atoms with Crippen LogP contribution in [-0.2, 0) is 4.79 Å². The Morgan fingerprint density at radius 3 is 2.71 bits per heavy atom. The highest BCUT2D eigenvalue weighted by Gasteiger charge is 2.39. The van der Waals surface area contributed by atoms with Gasteiger partial charge in [-0.3, -0.25) is 9.69 Å². The van der Waals surface area contributed by atoms with Gasteiger partial charge >= 0.3 is 0 Å². The third-order valence-electron chi connectivity index (χ3n) is 5.27. The number of anilines is 1. The van der Waals surface area contributed by atoms with Gasteiger partial charge in [0.15, 0.2) is 11.0 Å². The van der Waals surface area contributed by atoms with E-state index in [-0.39, 0.29) is 11.9 Å². The van der Waals surface area contributed by atoms with Crippen LogP contribution in [-0.4, -0.2) is 27.0 Å². The lowest BCUT2D eigenvalue weighted by Gasteiger charge is -2.30. The summed E-state index contributed by atoms with van der Waals surface area (Å²) >= 11 is 1.45. The zero-order valence-electron chi connectivity index (χ0n) is 16.0. The summed E-state index contributed by atoms with van der Waals surface area (Å²) in [6.07, 6.45) is 7.33. The Hall–Kier alpha value is -2.60. The number of aromatic nitrogens is 1. The average Bonchev–Trinajstić information content (AvgIpc) is 3.04. The summed E-state index contributed by atoms with van der Waals surface area (Å²) in [6.45, 7) is 1.98. The van der Waals surface area contributed by atoms with E-state index >= 15 is 0 Å². The van der Waals surface area contributed by atoms with Crippen LogP contribution in [0.15, 0.2) is 58.6 Å². The molecule has 6 heteroatoms. The Morgan fingerprint density at radius 2 is 2.00 bits per heavy atom. The van der Waals surface area contributed by atoms with Gasteiger partial charge < -0.3 is 5.73 Å². The van der Waals surface area contributed by atoms with Crippen LogP contribution >= 0.6 is 11.8 Å². The minimum Gasteiger partial charge on any atom is -0.399 e. The summed E-state index contributed by atoms with van der Waals surface area (Å²) in [7, 11) is 0. The molecule has 0 unspecified atom stereocenters. The summed E-state index contributed by atoms with van der Waals surface area (Å²) < 4.78 is 0. The number of amidine groups is 1. The van der Waals surface area contributed by atoms with Gasteiger partial charge in [0.05, 0.1) is 4.91 Å². The van der Waals surface area contributed by atoms with Gasteiger partial charge in [-0.05, 0) is 66.9 Å². The third-order valence-corrected chi connectivity index (χ3v) is 6.43. The van der Waals surface area contributed by atoms with Gasteiger partial charge in [-0.15, -0.1) is 0 Å². The monoisotopic (exact) mass is 392 g/mol. The molecule has 1 saturated heterocycles. The maximum Gasteiger partial charge on any atom is 0.267 e. The van der Waals surface area contributed by atoms with Gasteiger partial charge in [0, 0.05) is 17.9 Å². The molecule has 5 nitrogen and oxygen atoms in total. The minimum atomic E-state index is 0.0477. The van der Waals surface area contributed by atoms with Crippen LogP contribution in [0.5, 0.6) is 0 Å². The van der Waals surface area contributed by atoms with Crippen LogP contribution in [0.25, 0.3) is 5.57 Å². The predicted octanol–water partition coefficient (Wildman–Crippen LogP) is 4.99. The highest BCUT2D eigenvalue weighted by atomic mass is 32.2. The number of nitrogens with zero attached hydrogens (tertiary/aromatic N) is 3. The van der Waals surface area contributed by atoms with Gasteiger partial charge in [0.1, 0.15) is 0 Å². The molecule has 2 aromatic rings. The second kappa shape index (κ2) is 8.19. The van der Waals surface area contributed by atoms with Crippen molar-refractivity contribution in [2.75, 3.05) is 5.73 Å². The number of hydrogen-bond donors (Lipinski definition) is 1. The number of thioether (sulfide) groups is 1. The van der Waals surface area contributed by atoms with Crippen molar-refractivity contribution in [3.63, 3.8) is 0 Å². The van der Waals surface area contributed by atoms with E-state index in [9.17, 15) is 4.79 Å². The third kappa shape index (κ3) is 3.83. The molecule has 0 spiro atoms. The van der Waals surface area contributed by atoms with Crippen molar-refractivity contribution in [2.45, 2.75) is 45.1 Å². The standard InChI is InChI=1S/C22H24N4OS/c1-15(16-8-7-9-17(23)14-16)20-21(27)26(18-10-3-2-4-11-18)22(28-20)25-19-12-5-6-13-24-19/h5-9,12-14,18H,2-4,10-11,23H2,1H3/b20-15-,25-22+. The van der Waals surface area contributed by atoms with Crippen molar-refractivity contribution in [3.8, 4) is 0 Å². The molecule has 1 saturated carbocycles. The number of pyridine rings is 1. The van der Waals surface area contributed by atoms with E-state index in [0.717, 1.165) is 46.9 Å². The molecular formula is C22H24N4OS. The van der Waals surface area contributed by atoms with Crippen molar-refractivity contribution in [1.82, 2.24) is 9.88 Å². The van der Waals surface area contributed by atoms with Crippen molar-refractivity contribution in [3.05, 3.63) is 59.1 Å². The fourth-order valence-electron chi connectivity index (χ4n) is 3.78. The number of hydrogen-bond acceptors (Lipinski definition) is 5. The van der Waals surface area contributed by atoms with Crippen LogP contribution in [0.3, 0.4) is 0 Å². The maximum atomic E-state index is 13.4. The summed E-state index contributed by atoms with van der Waals surface area (Å²) in [5, 5.41) is 0.730. The maximum absolute atomic E-state index is 13.4. The number of nitrogen functional groups attached to an aromatic ring is 1. The lowest BCUT2D eigenvalue weighted by Crippen LogP contribution is -2.40. The van der Waals surface area contributed by atoms with E-state index in [1.54, 1.807) is 6.20 Å². The molecule has 2 fully saturated rings. The number of aliphatic imine (C=N–C) groups is 1. The summed E-state index contributed by atoms with van der Waals surface area (Å²) in [4.78, 5) is 25.1. The molecule has 0 bridgehead atoms. The second-order valence-corrected chi connectivity index (χ2v) is 8.21. The first-order valence-corrected chi connectivity index (χ1v) is 10.5. The first-order valence-electron chi connectivity index (χ1n) is 9.71. The zero-order chi connectivity index (χ0) is 19.5. The van der Waals surface area contributed by atoms with Crippen molar-refractivity contribution < 1.29 is 4.79 Å². The van der Waals surface area contributed by atoms with Crippen LogP contribution in [0, 0.1) is 0 Å². The van der Waals surface area contributed by atoms with Crippen LogP contribution in [0.2, 0.25) is 0 Å². The average molecular weight is 393 g/mol. The van der Waals surface area contributed by atoms with Crippen LogP contribution in [0.4, 0.5) is 11.5 Å². The first-order chi connectivity index (χ1) is 13.6. The van der Waals surface area contributed by atoms with Crippen LogP contribution < -0.4 is 5.73 Å². The highest BCUT2D eigenvalue weighted by molar-refractivity contribution is 8.18. The van der Waals surface area contributed by atoms with E-state index in [1.807, 2.05) is 54.3 Å². The molecule has 4 rings (SSSR count). The summed E-state index contributed by atoms with van der Waals surface area (Å²) in [6, 6.07) is 13.5. The van der Waals surface area contributed by atoms with Gasteiger partial charge in [0.2, 0.25) is 0 Å². The lowest BCUT2D eigenvalue weighted by molar-refractivity contribution is -0.124. The number of allylic oxidation sites excluding steroid dienone is 1. The molecule has 2 heterocycles. The fraction of sp³-hybridized carbons (Fsp3) is 0.318. The van der Waals surface area contributed by atoms with Gasteiger partial charge in [-0.2, -0.15) is 0 Å². The topological polar surface area (TPSA) is 71.6 Å².